The highest BCUT2D eigenvalue weighted by molar-refractivity contribution is 6.28. The van der Waals surface area contributed by atoms with Crippen LogP contribution in [0.25, 0.3) is 11.7 Å². The Kier molecular flexibility index (Phi) is 3.08. The number of aryl methyl sites for hydroxylation is 1. The first-order chi connectivity index (χ1) is 7.29. The summed E-state index contributed by atoms with van der Waals surface area (Å²) in [4.78, 5) is 4.26. The number of nitrogens with zero attached hydrogens (tertiary/aromatic N) is 1. The molecule has 0 atom stereocenters. The van der Waals surface area contributed by atoms with Crippen LogP contribution >= 0.6 is 11.6 Å². The van der Waals surface area contributed by atoms with Gasteiger partial charge in [-0.2, -0.15) is 0 Å². The first-order valence-corrected chi connectivity index (χ1v) is 5.07. The highest BCUT2D eigenvalue weighted by atomic mass is 35.5. The summed E-state index contributed by atoms with van der Waals surface area (Å²) in [6.45, 7) is 0.648. The predicted molar refractivity (Wildman–Crippen MR) is 56.6 cm³/mol. The van der Waals surface area contributed by atoms with Crippen LogP contribution in [0.15, 0.2) is 27.2 Å². The summed E-state index contributed by atoms with van der Waals surface area (Å²) in [7, 11) is 0. The Morgan fingerprint density at radius 1 is 1.40 bits per heavy atom. The Morgan fingerprint density at radius 2 is 2.27 bits per heavy atom. The van der Waals surface area contributed by atoms with E-state index in [1.165, 1.54) is 0 Å². The molecule has 0 amide bonds. The Hall–Kier alpha value is -1.26. The van der Waals surface area contributed by atoms with Gasteiger partial charge in [0.1, 0.15) is 6.26 Å². The Bertz CT molecular complexity index is 436. The molecule has 0 spiro atoms. The molecule has 0 fully saturated rings. The van der Waals surface area contributed by atoms with Crippen LogP contribution in [0.4, 0.5) is 0 Å². The molecular formula is C10H11ClN2O2. The molecule has 2 rings (SSSR count). The van der Waals surface area contributed by atoms with Crippen molar-refractivity contribution in [3.8, 4) is 11.7 Å². The zero-order valence-electron chi connectivity index (χ0n) is 8.07. The van der Waals surface area contributed by atoms with Gasteiger partial charge < -0.3 is 14.6 Å². The summed E-state index contributed by atoms with van der Waals surface area (Å²) in [6.07, 6.45) is 3.32. The quantitative estimate of drug-likeness (QED) is 0.870. The zero-order chi connectivity index (χ0) is 10.7. The van der Waals surface area contributed by atoms with Gasteiger partial charge in [0.2, 0.25) is 0 Å². The molecule has 4 nitrogen and oxygen atoms in total. The zero-order valence-corrected chi connectivity index (χ0v) is 8.83. The van der Waals surface area contributed by atoms with Crippen LogP contribution in [0.2, 0.25) is 5.22 Å². The van der Waals surface area contributed by atoms with E-state index in [0.29, 0.717) is 23.4 Å². The molecule has 5 heteroatoms. The fourth-order valence-corrected chi connectivity index (χ4v) is 1.39. The minimum atomic E-state index is 0.326. The molecule has 15 heavy (non-hydrogen) atoms. The lowest BCUT2D eigenvalue weighted by molar-refractivity contribution is 0.517. The van der Waals surface area contributed by atoms with E-state index in [0.717, 1.165) is 18.5 Å². The first-order valence-electron chi connectivity index (χ1n) is 4.70. The SMILES string of the molecule is NCCCc1coc(-c2ccc(Cl)o2)n1. The summed E-state index contributed by atoms with van der Waals surface area (Å²) in [6, 6.07) is 3.38. The maximum Gasteiger partial charge on any atom is 0.263 e. The normalized spacial score (nSPS) is 10.8. The third-order valence-corrected chi connectivity index (χ3v) is 2.18. The summed E-state index contributed by atoms with van der Waals surface area (Å²) in [5, 5.41) is 0.326. The van der Waals surface area contributed by atoms with E-state index < -0.39 is 0 Å². The Labute approximate surface area is 92.0 Å². The van der Waals surface area contributed by atoms with Crippen molar-refractivity contribution in [3.05, 3.63) is 29.3 Å². The molecule has 80 valence electrons. The van der Waals surface area contributed by atoms with Crippen molar-refractivity contribution in [1.82, 2.24) is 4.98 Å². The van der Waals surface area contributed by atoms with Gasteiger partial charge in [-0.15, -0.1) is 0 Å². The van der Waals surface area contributed by atoms with Gasteiger partial charge in [0.25, 0.3) is 5.89 Å². The van der Waals surface area contributed by atoms with Crippen molar-refractivity contribution in [3.63, 3.8) is 0 Å². The second-order valence-corrected chi connectivity index (χ2v) is 3.51. The molecule has 2 heterocycles. The third-order valence-electron chi connectivity index (χ3n) is 1.97. The number of hydrogen-bond acceptors (Lipinski definition) is 4. The molecule has 0 aromatic carbocycles. The average Bonchev–Trinajstić information content (AvgIpc) is 2.83. The predicted octanol–water partition coefficient (Wildman–Crippen LogP) is 2.48. The summed E-state index contributed by atoms with van der Waals surface area (Å²) in [5.74, 6) is 0.993. The van der Waals surface area contributed by atoms with Crippen molar-refractivity contribution in [2.24, 2.45) is 5.73 Å². The molecule has 0 radical (unpaired) electrons. The molecule has 2 aromatic rings. The molecule has 0 aliphatic heterocycles. The summed E-state index contributed by atoms with van der Waals surface area (Å²) < 4.78 is 10.4. The van der Waals surface area contributed by atoms with Crippen molar-refractivity contribution >= 4 is 11.6 Å². The molecule has 0 bridgehead atoms. The second-order valence-electron chi connectivity index (χ2n) is 3.14. The van der Waals surface area contributed by atoms with Gasteiger partial charge in [-0.1, -0.05) is 0 Å². The van der Waals surface area contributed by atoms with Crippen molar-refractivity contribution in [1.29, 1.82) is 0 Å². The van der Waals surface area contributed by atoms with Crippen molar-refractivity contribution in [2.45, 2.75) is 12.8 Å². The van der Waals surface area contributed by atoms with Gasteiger partial charge in [0.05, 0.1) is 5.69 Å². The van der Waals surface area contributed by atoms with Crippen molar-refractivity contribution in [2.75, 3.05) is 6.54 Å². The van der Waals surface area contributed by atoms with Crippen LogP contribution in [0.3, 0.4) is 0 Å². The van der Waals surface area contributed by atoms with E-state index in [2.05, 4.69) is 4.98 Å². The van der Waals surface area contributed by atoms with E-state index in [-0.39, 0.29) is 0 Å². The maximum absolute atomic E-state index is 5.65. The summed E-state index contributed by atoms with van der Waals surface area (Å²) >= 11 is 5.65. The van der Waals surface area contributed by atoms with E-state index in [1.54, 1.807) is 18.4 Å². The van der Waals surface area contributed by atoms with Crippen LogP contribution in [0, 0.1) is 0 Å². The fraction of sp³-hybridized carbons (Fsp3) is 0.300. The van der Waals surface area contributed by atoms with Gasteiger partial charge in [0, 0.05) is 0 Å². The lowest BCUT2D eigenvalue weighted by atomic mass is 10.2. The number of nitrogens with two attached hydrogens (primary N) is 1. The highest BCUT2D eigenvalue weighted by Crippen LogP contribution is 2.24. The third kappa shape index (κ3) is 2.40. The van der Waals surface area contributed by atoms with Crippen LogP contribution in [0.1, 0.15) is 12.1 Å². The smallest absolute Gasteiger partial charge is 0.263 e. The van der Waals surface area contributed by atoms with Gasteiger partial charge >= 0.3 is 0 Å². The van der Waals surface area contributed by atoms with E-state index >= 15 is 0 Å². The van der Waals surface area contributed by atoms with E-state index in [1.807, 2.05) is 0 Å². The number of halogens is 1. The molecule has 0 unspecified atom stereocenters. The van der Waals surface area contributed by atoms with E-state index in [9.17, 15) is 0 Å². The van der Waals surface area contributed by atoms with Crippen LogP contribution in [-0.2, 0) is 6.42 Å². The standard InChI is InChI=1S/C10H11ClN2O2/c11-9-4-3-8(15-9)10-13-7(6-14-10)2-1-5-12/h3-4,6H,1-2,5,12H2. The molecule has 0 aliphatic rings. The van der Waals surface area contributed by atoms with Crippen LogP contribution in [0.5, 0.6) is 0 Å². The molecular weight excluding hydrogens is 216 g/mol. The van der Waals surface area contributed by atoms with Crippen LogP contribution in [-0.4, -0.2) is 11.5 Å². The minimum Gasteiger partial charge on any atom is -0.442 e. The molecule has 2 aromatic heterocycles. The molecule has 0 aliphatic carbocycles. The Balaban J connectivity index is 2.13. The van der Waals surface area contributed by atoms with Crippen LogP contribution < -0.4 is 5.73 Å². The summed E-state index contributed by atoms with van der Waals surface area (Å²) in [5.41, 5.74) is 6.28. The van der Waals surface area contributed by atoms with E-state index in [4.69, 9.17) is 26.2 Å². The lowest BCUT2D eigenvalue weighted by Gasteiger charge is -1.90. The molecule has 2 N–H and O–H groups in total. The monoisotopic (exact) mass is 226 g/mol. The highest BCUT2D eigenvalue weighted by Gasteiger charge is 2.10. The first kappa shape index (κ1) is 10.3. The topological polar surface area (TPSA) is 65.2 Å². The minimum absolute atomic E-state index is 0.326. The van der Waals surface area contributed by atoms with Gasteiger partial charge in [-0.25, -0.2) is 4.98 Å². The Morgan fingerprint density at radius 3 is 2.93 bits per heavy atom. The molecule has 0 saturated carbocycles. The number of furan rings is 1. The number of rotatable bonds is 4. The maximum atomic E-state index is 5.65. The van der Waals surface area contributed by atoms with Gasteiger partial charge in [-0.3, -0.25) is 0 Å². The van der Waals surface area contributed by atoms with Gasteiger partial charge in [0.15, 0.2) is 11.0 Å². The van der Waals surface area contributed by atoms with Gasteiger partial charge in [-0.05, 0) is 43.1 Å². The average molecular weight is 227 g/mol. The van der Waals surface area contributed by atoms with Crippen molar-refractivity contribution < 1.29 is 8.83 Å². The number of hydrogen-bond donors (Lipinski definition) is 1. The second kappa shape index (κ2) is 4.51. The number of oxazole rings is 1. The largest absolute Gasteiger partial charge is 0.442 e. The number of aromatic nitrogens is 1. The fourth-order valence-electron chi connectivity index (χ4n) is 1.25. The molecule has 0 saturated heterocycles. The lowest BCUT2D eigenvalue weighted by Crippen LogP contribution is -2.00.